The number of rotatable bonds is 4. The molecule has 23 heavy (non-hydrogen) atoms. The smallest absolute Gasteiger partial charge is 0.337 e. The van der Waals surface area contributed by atoms with Crippen LogP contribution in [0, 0.1) is 12.3 Å². The summed E-state index contributed by atoms with van der Waals surface area (Å²) in [4.78, 5) is 15.8. The number of terminal acetylenes is 1. The van der Waals surface area contributed by atoms with Crippen LogP contribution in [0.5, 0.6) is 5.75 Å². The molecule has 5 nitrogen and oxygen atoms in total. The summed E-state index contributed by atoms with van der Waals surface area (Å²) in [5.74, 6) is 3.21. The van der Waals surface area contributed by atoms with Gasteiger partial charge in [0.05, 0.1) is 12.7 Å². The number of carbonyl (C=O) groups excluding carboxylic acids is 1. The summed E-state index contributed by atoms with van der Waals surface area (Å²) in [6.45, 7) is 0.178. The number of carbonyl (C=O) groups is 1. The third-order valence-corrected chi connectivity index (χ3v) is 3.24. The molecule has 3 aromatic rings. The standard InChI is InChI=1S/C18H13NO4/c1-3-12-4-7-14(8-5-12)22-11-17-19-15-10-13(18(20)21-2)6-9-16(15)23-17/h1,4-10H,11H2,2H3. The van der Waals surface area contributed by atoms with Crippen molar-refractivity contribution in [3.05, 3.63) is 59.5 Å². The van der Waals surface area contributed by atoms with E-state index in [0.29, 0.717) is 28.3 Å². The van der Waals surface area contributed by atoms with Crippen LogP contribution in [0.2, 0.25) is 0 Å². The quantitative estimate of drug-likeness (QED) is 0.547. The Morgan fingerprint density at radius 2 is 2.04 bits per heavy atom. The van der Waals surface area contributed by atoms with Crippen molar-refractivity contribution in [2.24, 2.45) is 0 Å². The molecule has 0 fully saturated rings. The molecule has 0 saturated carbocycles. The molecule has 0 N–H and O–H groups in total. The monoisotopic (exact) mass is 307 g/mol. The van der Waals surface area contributed by atoms with Crippen LogP contribution in [0.1, 0.15) is 21.8 Å². The van der Waals surface area contributed by atoms with Gasteiger partial charge in [-0.05, 0) is 42.5 Å². The molecule has 0 saturated heterocycles. The summed E-state index contributed by atoms with van der Waals surface area (Å²) < 4.78 is 15.9. The molecule has 0 atom stereocenters. The first-order valence-corrected chi connectivity index (χ1v) is 6.87. The number of fused-ring (bicyclic) bond motifs is 1. The molecule has 5 heteroatoms. The van der Waals surface area contributed by atoms with Crippen molar-refractivity contribution in [3.8, 4) is 18.1 Å². The molecule has 114 valence electrons. The van der Waals surface area contributed by atoms with Gasteiger partial charge in [-0.1, -0.05) is 5.92 Å². The molecule has 1 heterocycles. The van der Waals surface area contributed by atoms with Gasteiger partial charge in [-0.25, -0.2) is 9.78 Å². The van der Waals surface area contributed by atoms with Gasteiger partial charge in [0.25, 0.3) is 0 Å². The van der Waals surface area contributed by atoms with Crippen molar-refractivity contribution in [3.63, 3.8) is 0 Å². The lowest BCUT2D eigenvalue weighted by atomic mass is 10.2. The minimum absolute atomic E-state index is 0.178. The number of nitrogens with zero attached hydrogens (tertiary/aromatic N) is 1. The molecular weight excluding hydrogens is 294 g/mol. The molecule has 0 aliphatic heterocycles. The van der Waals surface area contributed by atoms with E-state index in [9.17, 15) is 4.79 Å². The van der Waals surface area contributed by atoms with Crippen LogP contribution in [0.15, 0.2) is 46.9 Å². The van der Waals surface area contributed by atoms with Gasteiger partial charge >= 0.3 is 5.97 Å². The SMILES string of the molecule is C#Cc1ccc(OCc2nc3cc(C(=O)OC)ccc3o2)cc1. The predicted molar refractivity (Wildman–Crippen MR) is 84.1 cm³/mol. The van der Waals surface area contributed by atoms with Gasteiger partial charge in [-0.15, -0.1) is 6.42 Å². The summed E-state index contributed by atoms with van der Waals surface area (Å²) in [5, 5.41) is 0. The maximum absolute atomic E-state index is 11.5. The van der Waals surface area contributed by atoms with Gasteiger partial charge in [0, 0.05) is 5.56 Å². The highest BCUT2D eigenvalue weighted by Crippen LogP contribution is 2.19. The zero-order chi connectivity index (χ0) is 16.2. The topological polar surface area (TPSA) is 61.6 Å². The highest BCUT2D eigenvalue weighted by atomic mass is 16.5. The second-order valence-electron chi connectivity index (χ2n) is 4.74. The molecule has 1 aromatic heterocycles. The largest absolute Gasteiger partial charge is 0.484 e. The van der Waals surface area contributed by atoms with Crippen molar-refractivity contribution in [2.75, 3.05) is 7.11 Å². The molecule has 0 bridgehead atoms. The Balaban J connectivity index is 1.75. The van der Waals surface area contributed by atoms with Crippen LogP contribution in [0.3, 0.4) is 0 Å². The predicted octanol–water partition coefficient (Wildman–Crippen LogP) is 3.17. The summed E-state index contributed by atoms with van der Waals surface area (Å²) in [5.41, 5.74) is 2.37. The maximum Gasteiger partial charge on any atom is 0.337 e. The number of hydrogen-bond acceptors (Lipinski definition) is 5. The van der Waals surface area contributed by atoms with Crippen molar-refractivity contribution in [1.29, 1.82) is 0 Å². The highest BCUT2D eigenvalue weighted by molar-refractivity contribution is 5.93. The molecule has 0 unspecified atom stereocenters. The van der Waals surface area contributed by atoms with E-state index in [0.717, 1.165) is 5.56 Å². The van der Waals surface area contributed by atoms with Crippen molar-refractivity contribution < 1.29 is 18.7 Å². The normalized spacial score (nSPS) is 10.3. The lowest BCUT2D eigenvalue weighted by molar-refractivity contribution is 0.0601. The Hall–Kier alpha value is -3.26. The Kier molecular flexibility index (Phi) is 3.98. The van der Waals surface area contributed by atoms with E-state index in [4.69, 9.17) is 15.6 Å². The number of oxazole rings is 1. The van der Waals surface area contributed by atoms with E-state index in [1.807, 2.05) is 0 Å². The van der Waals surface area contributed by atoms with Gasteiger partial charge in [-0.2, -0.15) is 0 Å². The maximum atomic E-state index is 11.5. The van der Waals surface area contributed by atoms with Crippen LogP contribution in [0.25, 0.3) is 11.1 Å². The van der Waals surface area contributed by atoms with E-state index in [1.54, 1.807) is 42.5 Å². The van der Waals surface area contributed by atoms with Gasteiger partial charge in [0.15, 0.2) is 12.2 Å². The molecule has 0 amide bonds. The first-order valence-electron chi connectivity index (χ1n) is 6.87. The lowest BCUT2D eigenvalue weighted by Crippen LogP contribution is -2.00. The Morgan fingerprint density at radius 1 is 1.26 bits per heavy atom. The molecule has 2 aromatic carbocycles. The number of benzene rings is 2. The molecule has 0 spiro atoms. The minimum Gasteiger partial charge on any atom is -0.484 e. The molecule has 0 radical (unpaired) electrons. The zero-order valence-electron chi connectivity index (χ0n) is 12.4. The third kappa shape index (κ3) is 3.16. The number of methoxy groups -OCH3 is 1. The number of esters is 1. The van der Waals surface area contributed by atoms with Crippen molar-refractivity contribution in [2.45, 2.75) is 6.61 Å². The second-order valence-corrected chi connectivity index (χ2v) is 4.74. The van der Waals surface area contributed by atoms with E-state index in [-0.39, 0.29) is 6.61 Å². The third-order valence-electron chi connectivity index (χ3n) is 3.24. The van der Waals surface area contributed by atoms with E-state index in [1.165, 1.54) is 7.11 Å². The van der Waals surface area contributed by atoms with Crippen LogP contribution in [0.4, 0.5) is 0 Å². The second kappa shape index (κ2) is 6.24. The van der Waals surface area contributed by atoms with Gasteiger partial charge in [-0.3, -0.25) is 0 Å². The Morgan fingerprint density at radius 3 is 2.74 bits per heavy atom. The Labute approximate surface area is 132 Å². The average molecular weight is 307 g/mol. The molecular formula is C18H13NO4. The average Bonchev–Trinajstić information content (AvgIpc) is 3.01. The van der Waals surface area contributed by atoms with E-state index >= 15 is 0 Å². The first-order chi connectivity index (χ1) is 11.2. The van der Waals surface area contributed by atoms with Crippen LogP contribution < -0.4 is 4.74 Å². The zero-order valence-corrected chi connectivity index (χ0v) is 12.4. The van der Waals surface area contributed by atoms with Gasteiger partial charge < -0.3 is 13.9 Å². The Bertz CT molecular complexity index is 888. The fourth-order valence-electron chi connectivity index (χ4n) is 2.07. The fourth-order valence-corrected chi connectivity index (χ4v) is 2.07. The van der Waals surface area contributed by atoms with Crippen molar-refractivity contribution in [1.82, 2.24) is 4.98 Å². The number of ether oxygens (including phenoxy) is 2. The van der Waals surface area contributed by atoms with E-state index in [2.05, 4.69) is 15.6 Å². The minimum atomic E-state index is -0.415. The molecule has 0 aliphatic rings. The fraction of sp³-hybridized carbons (Fsp3) is 0.111. The van der Waals surface area contributed by atoms with E-state index < -0.39 is 5.97 Å². The number of aromatic nitrogens is 1. The summed E-state index contributed by atoms with van der Waals surface area (Å²) in [7, 11) is 1.33. The van der Waals surface area contributed by atoms with Crippen molar-refractivity contribution >= 4 is 17.1 Å². The highest BCUT2D eigenvalue weighted by Gasteiger charge is 2.11. The number of hydrogen-bond donors (Lipinski definition) is 0. The summed E-state index contributed by atoms with van der Waals surface area (Å²) in [6.07, 6.45) is 5.30. The molecule has 3 rings (SSSR count). The lowest BCUT2D eigenvalue weighted by Gasteiger charge is -2.02. The van der Waals surface area contributed by atoms with Gasteiger partial charge in [0.2, 0.25) is 5.89 Å². The summed E-state index contributed by atoms with van der Waals surface area (Å²) in [6, 6.07) is 12.1. The first kappa shape index (κ1) is 14.7. The van der Waals surface area contributed by atoms with Gasteiger partial charge in [0.1, 0.15) is 11.3 Å². The van der Waals surface area contributed by atoms with Crippen LogP contribution >= 0.6 is 0 Å². The molecule has 0 aliphatic carbocycles. The van der Waals surface area contributed by atoms with Crippen LogP contribution in [-0.4, -0.2) is 18.1 Å². The van der Waals surface area contributed by atoms with Crippen LogP contribution in [-0.2, 0) is 11.3 Å². The summed E-state index contributed by atoms with van der Waals surface area (Å²) >= 11 is 0.